The molecule has 3 N–H and O–H groups in total. The lowest BCUT2D eigenvalue weighted by Gasteiger charge is -2.11. The van der Waals surface area contributed by atoms with Crippen molar-refractivity contribution in [1.29, 1.82) is 0 Å². The highest BCUT2D eigenvalue weighted by Gasteiger charge is 2.19. The third-order valence-corrected chi connectivity index (χ3v) is 5.60. The first-order chi connectivity index (χ1) is 9.31. The molecular formula is C12H9BrCl2N2O2S. The number of nitrogens with two attached hydrogens (primary N) is 1. The lowest BCUT2D eigenvalue weighted by atomic mass is 10.3. The molecule has 20 heavy (non-hydrogen) atoms. The summed E-state index contributed by atoms with van der Waals surface area (Å²) in [4.78, 5) is 0.0581. The van der Waals surface area contributed by atoms with Crippen LogP contribution in [0, 0.1) is 0 Å². The second-order valence-electron chi connectivity index (χ2n) is 3.90. The second kappa shape index (κ2) is 5.81. The van der Waals surface area contributed by atoms with E-state index in [2.05, 4.69) is 20.7 Å². The van der Waals surface area contributed by atoms with Gasteiger partial charge in [0.25, 0.3) is 10.0 Å². The standard InChI is InChI=1S/C12H9BrCl2N2O2S/c13-8-6-7(16)4-5-11(8)20(18,19)17-10-3-1-2-9(14)12(10)15/h1-6,17H,16H2. The molecule has 106 valence electrons. The van der Waals surface area contributed by atoms with Crippen LogP contribution in [0.25, 0.3) is 0 Å². The highest BCUT2D eigenvalue weighted by atomic mass is 79.9. The minimum Gasteiger partial charge on any atom is -0.399 e. The zero-order valence-corrected chi connectivity index (χ0v) is 13.8. The van der Waals surface area contributed by atoms with Gasteiger partial charge in [0.05, 0.1) is 15.7 Å². The normalized spacial score (nSPS) is 11.3. The third-order valence-electron chi connectivity index (χ3n) is 2.44. The monoisotopic (exact) mass is 394 g/mol. The van der Waals surface area contributed by atoms with Crippen molar-refractivity contribution in [3.8, 4) is 0 Å². The summed E-state index contributed by atoms with van der Waals surface area (Å²) in [5, 5.41) is 0.410. The summed E-state index contributed by atoms with van der Waals surface area (Å²) in [6.45, 7) is 0. The maximum atomic E-state index is 12.3. The fraction of sp³-hybridized carbons (Fsp3) is 0. The highest BCUT2D eigenvalue weighted by Crippen LogP contribution is 2.32. The van der Waals surface area contributed by atoms with Gasteiger partial charge in [-0.15, -0.1) is 0 Å². The van der Waals surface area contributed by atoms with Crippen LogP contribution in [-0.2, 0) is 10.0 Å². The molecule has 0 saturated carbocycles. The van der Waals surface area contributed by atoms with Gasteiger partial charge in [-0.05, 0) is 46.3 Å². The summed E-state index contributed by atoms with van der Waals surface area (Å²) >= 11 is 15.0. The Bertz CT molecular complexity index is 766. The van der Waals surface area contributed by atoms with E-state index in [1.165, 1.54) is 24.3 Å². The number of nitrogens with one attached hydrogen (secondary N) is 1. The molecule has 0 unspecified atom stereocenters. The lowest BCUT2D eigenvalue weighted by Crippen LogP contribution is -2.14. The molecule has 0 aliphatic carbocycles. The van der Waals surface area contributed by atoms with Crippen LogP contribution < -0.4 is 10.5 Å². The zero-order valence-electron chi connectivity index (χ0n) is 9.90. The predicted molar refractivity (Wildman–Crippen MR) is 85.8 cm³/mol. The Balaban J connectivity index is 2.44. The Morgan fingerprint density at radius 2 is 1.85 bits per heavy atom. The summed E-state index contributed by atoms with van der Waals surface area (Å²) in [5.74, 6) is 0. The Hall–Kier alpha value is -0.950. The number of anilines is 2. The lowest BCUT2D eigenvalue weighted by molar-refractivity contribution is 0.601. The van der Waals surface area contributed by atoms with E-state index in [0.717, 1.165) is 0 Å². The number of hydrogen-bond acceptors (Lipinski definition) is 3. The number of rotatable bonds is 3. The van der Waals surface area contributed by atoms with E-state index >= 15 is 0 Å². The van der Waals surface area contributed by atoms with Gasteiger partial charge in [0, 0.05) is 10.2 Å². The Morgan fingerprint density at radius 1 is 1.15 bits per heavy atom. The highest BCUT2D eigenvalue weighted by molar-refractivity contribution is 9.10. The van der Waals surface area contributed by atoms with Gasteiger partial charge in [-0.2, -0.15) is 0 Å². The van der Waals surface area contributed by atoms with Crippen molar-refractivity contribution in [2.24, 2.45) is 0 Å². The van der Waals surface area contributed by atoms with Crippen LogP contribution in [0.2, 0.25) is 10.0 Å². The molecule has 2 aromatic rings. The predicted octanol–water partition coefficient (Wildman–Crippen LogP) is 4.14. The van der Waals surface area contributed by atoms with Crippen LogP contribution in [0.15, 0.2) is 45.8 Å². The van der Waals surface area contributed by atoms with E-state index < -0.39 is 10.0 Å². The van der Waals surface area contributed by atoms with E-state index in [-0.39, 0.29) is 20.6 Å². The van der Waals surface area contributed by atoms with Crippen molar-refractivity contribution >= 4 is 60.5 Å². The Labute approximate surface area is 135 Å². The molecule has 0 spiro atoms. The molecule has 0 aliphatic rings. The first kappa shape index (κ1) is 15.4. The van der Waals surface area contributed by atoms with E-state index in [9.17, 15) is 8.42 Å². The Morgan fingerprint density at radius 3 is 2.50 bits per heavy atom. The SMILES string of the molecule is Nc1ccc(S(=O)(=O)Nc2cccc(Cl)c2Cl)c(Br)c1. The number of hydrogen-bond donors (Lipinski definition) is 2. The van der Waals surface area contributed by atoms with Crippen LogP contribution in [-0.4, -0.2) is 8.42 Å². The van der Waals surface area contributed by atoms with Crippen LogP contribution in [0.1, 0.15) is 0 Å². The van der Waals surface area contributed by atoms with Crippen LogP contribution >= 0.6 is 39.1 Å². The molecule has 0 amide bonds. The third kappa shape index (κ3) is 3.20. The summed E-state index contributed by atoms with van der Waals surface area (Å²) in [5.41, 5.74) is 6.25. The molecular weight excluding hydrogens is 387 g/mol. The maximum Gasteiger partial charge on any atom is 0.263 e. The summed E-state index contributed by atoms with van der Waals surface area (Å²) in [6, 6.07) is 9.11. The van der Waals surface area contributed by atoms with Gasteiger partial charge >= 0.3 is 0 Å². The van der Waals surface area contributed by atoms with Gasteiger partial charge in [0.1, 0.15) is 4.90 Å². The smallest absolute Gasteiger partial charge is 0.263 e. The van der Waals surface area contributed by atoms with Gasteiger partial charge in [-0.1, -0.05) is 29.3 Å². The van der Waals surface area contributed by atoms with E-state index in [4.69, 9.17) is 28.9 Å². The van der Waals surface area contributed by atoms with Gasteiger partial charge < -0.3 is 5.73 Å². The van der Waals surface area contributed by atoms with Gasteiger partial charge in [-0.25, -0.2) is 8.42 Å². The van der Waals surface area contributed by atoms with Crippen molar-refractivity contribution in [3.63, 3.8) is 0 Å². The maximum absolute atomic E-state index is 12.3. The number of halogens is 3. The quantitative estimate of drug-likeness (QED) is 0.767. The number of benzene rings is 2. The molecule has 2 rings (SSSR count). The number of sulfonamides is 1. The van der Waals surface area contributed by atoms with Crippen LogP contribution in [0.5, 0.6) is 0 Å². The number of nitrogen functional groups attached to an aromatic ring is 1. The minimum absolute atomic E-state index is 0.0581. The minimum atomic E-state index is -3.80. The molecule has 0 heterocycles. The Kier molecular flexibility index (Phi) is 4.49. The molecule has 0 aromatic heterocycles. The molecule has 0 radical (unpaired) electrons. The average Bonchev–Trinajstić information content (AvgIpc) is 2.34. The topological polar surface area (TPSA) is 72.2 Å². The van der Waals surface area contributed by atoms with Gasteiger partial charge in [-0.3, -0.25) is 4.72 Å². The molecule has 8 heteroatoms. The second-order valence-corrected chi connectivity index (χ2v) is 7.19. The molecule has 0 bridgehead atoms. The first-order valence-corrected chi connectivity index (χ1v) is 8.36. The first-order valence-electron chi connectivity index (χ1n) is 5.33. The molecule has 0 saturated heterocycles. The van der Waals surface area contributed by atoms with Crippen LogP contribution in [0.4, 0.5) is 11.4 Å². The van der Waals surface area contributed by atoms with E-state index in [0.29, 0.717) is 10.2 Å². The largest absolute Gasteiger partial charge is 0.399 e. The van der Waals surface area contributed by atoms with Crippen molar-refractivity contribution in [1.82, 2.24) is 0 Å². The van der Waals surface area contributed by atoms with Crippen molar-refractivity contribution < 1.29 is 8.42 Å². The van der Waals surface area contributed by atoms with Crippen molar-refractivity contribution in [3.05, 3.63) is 50.9 Å². The summed E-state index contributed by atoms with van der Waals surface area (Å²) < 4.78 is 27.4. The molecule has 0 atom stereocenters. The summed E-state index contributed by atoms with van der Waals surface area (Å²) in [6.07, 6.45) is 0. The average molecular weight is 396 g/mol. The molecule has 4 nitrogen and oxygen atoms in total. The zero-order chi connectivity index (χ0) is 14.9. The van der Waals surface area contributed by atoms with E-state index in [1.54, 1.807) is 12.1 Å². The van der Waals surface area contributed by atoms with Crippen LogP contribution in [0.3, 0.4) is 0 Å². The van der Waals surface area contributed by atoms with Crippen molar-refractivity contribution in [2.45, 2.75) is 4.90 Å². The van der Waals surface area contributed by atoms with E-state index in [1.807, 2.05) is 0 Å². The van der Waals surface area contributed by atoms with Gasteiger partial charge in [0.2, 0.25) is 0 Å². The fourth-order valence-corrected chi connectivity index (χ4v) is 4.09. The molecule has 0 fully saturated rings. The summed E-state index contributed by atoms with van der Waals surface area (Å²) in [7, 11) is -3.80. The van der Waals surface area contributed by atoms with Crippen molar-refractivity contribution in [2.75, 3.05) is 10.5 Å². The molecule has 0 aliphatic heterocycles. The van der Waals surface area contributed by atoms with Gasteiger partial charge in [0.15, 0.2) is 0 Å². The fourth-order valence-electron chi connectivity index (χ4n) is 1.52. The molecule has 2 aromatic carbocycles.